The van der Waals surface area contributed by atoms with E-state index in [4.69, 9.17) is 15.0 Å². The molecule has 0 unspecified atom stereocenters. The first-order chi connectivity index (χ1) is 27.9. The highest BCUT2D eigenvalue weighted by Crippen LogP contribution is 2.43. The number of hydrogen-bond donors (Lipinski definition) is 0. The Balaban J connectivity index is 1.25. The highest BCUT2D eigenvalue weighted by molar-refractivity contribution is 5.85. The van der Waals surface area contributed by atoms with Gasteiger partial charge in [0.15, 0.2) is 5.82 Å². The van der Waals surface area contributed by atoms with E-state index in [0.29, 0.717) is 18.7 Å². The first-order valence-electron chi connectivity index (χ1n) is 19.6. The van der Waals surface area contributed by atoms with Gasteiger partial charge in [0.2, 0.25) is 5.91 Å². The van der Waals surface area contributed by atoms with Crippen LogP contribution in [0, 0.1) is 5.92 Å². The van der Waals surface area contributed by atoms with Crippen molar-refractivity contribution >= 4 is 11.9 Å². The van der Waals surface area contributed by atoms with Crippen LogP contribution in [0.15, 0.2) is 170 Å². The number of carbonyl (C=O) groups is 2. The van der Waals surface area contributed by atoms with Crippen molar-refractivity contribution in [1.82, 2.24) is 25.1 Å². The van der Waals surface area contributed by atoms with Gasteiger partial charge in [-0.2, -0.15) is 0 Å². The normalized spacial score (nSPS) is 11.9. The summed E-state index contributed by atoms with van der Waals surface area (Å²) in [6.45, 7) is 6.31. The second-order valence-electron chi connectivity index (χ2n) is 14.5. The summed E-state index contributed by atoms with van der Waals surface area (Å²) in [6.07, 6.45) is 1.01. The zero-order chi connectivity index (χ0) is 39.6. The number of benzene rings is 6. The van der Waals surface area contributed by atoms with Crippen molar-refractivity contribution in [3.63, 3.8) is 0 Å². The van der Waals surface area contributed by atoms with Crippen LogP contribution < -0.4 is 0 Å². The highest BCUT2D eigenvalue weighted by atomic mass is 16.5. The molecule has 8 nitrogen and oxygen atoms in total. The van der Waals surface area contributed by atoms with E-state index < -0.39 is 17.6 Å². The highest BCUT2D eigenvalue weighted by Gasteiger charge is 2.42. The fraction of sp³-hybridized carbons (Fsp3) is 0.204. The Bertz CT molecular complexity index is 2270. The molecule has 1 aromatic heterocycles. The Hall–Kier alpha value is -6.67. The van der Waals surface area contributed by atoms with E-state index in [9.17, 15) is 9.59 Å². The molecule has 0 fully saturated rings. The summed E-state index contributed by atoms with van der Waals surface area (Å²) in [5.74, 6) is -0.0238. The van der Waals surface area contributed by atoms with Crippen molar-refractivity contribution in [3.05, 3.63) is 198 Å². The van der Waals surface area contributed by atoms with Gasteiger partial charge in [-0.15, -0.1) is 5.10 Å². The smallest absolute Gasteiger partial charge is 0.329 e. The second-order valence-corrected chi connectivity index (χ2v) is 14.5. The van der Waals surface area contributed by atoms with Crippen LogP contribution in [0.1, 0.15) is 61.4 Å². The molecule has 6 aromatic carbocycles. The van der Waals surface area contributed by atoms with Gasteiger partial charge in [-0.1, -0.05) is 191 Å². The van der Waals surface area contributed by atoms with E-state index in [1.54, 1.807) is 4.90 Å². The predicted octanol–water partition coefficient (Wildman–Crippen LogP) is 9.74. The molecular formula is C49H47N5O3. The summed E-state index contributed by atoms with van der Waals surface area (Å²) in [4.78, 5) is 29.0. The SMILES string of the molecule is CCCC(=O)N(Cc1ccc(-c2ccccc2-c2nnnn2C(c2ccccc2)(c2ccccc2)c2ccccc2)cc1)[C@H](C(=O)OCc1ccccc1)C(C)C. The van der Waals surface area contributed by atoms with Gasteiger partial charge in [-0.05, 0) is 61.7 Å². The Kier molecular flexibility index (Phi) is 12.1. The molecule has 57 heavy (non-hydrogen) atoms. The molecule has 286 valence electrons. The van der Waals surface area contributed by atoms with Crippen LogP contribution in [0.3, 0.4) is 0 Å². The molecule has 7 rings (SSSR count). The van der Waals surface area contributed by atoms with Crippen molar-refractivity contribution < 1.29 is 14.3 Å². The molecule has 0 aliphatic carbocycles. The summed E-state index contributed by atoms with van der Waals surface area (Å²) < 4.78 is 7.74. The lowest BCUT2D eigenvalue weighted by atomic mass is 9.77. The molecule has 1 amide bonds. The predicted molar refractivity (Wildman–Crippen MR) is 224 cm³/mol. The third-order valence-corrected chi connectivity index (χ3v) is 10.4. The molecule has 0 spiro atoms. The van der Waals surface area contributed by atoms with Crippen LogP contribution >= 0.6 is 0 Å². The number of tetrazole rings is 1. The van der Waals surface area contributed by atoms with Crippen molar-refractivity contribution in [2.75, 3.05) is 0 Å². The van der Waals surface area contributed by atoms with E-state index in [-0.39, 0.29) is 25.0 Å². The quantitative estimate of drug-likeness (QED) is 0.0765. The van der Waals surface area contributed by atoms with E-state index >= 15 is 0 Å². The number of carbonyl (C=O) groups excluding carboxylic acids is 2. The van der Waals surface area contributed by atoms with Gasteiger partial charge in [-0.3, -0.25) is 4.79 Å². The van der Waals surface area contributed by atoms with Gasteiger partial charge in [0.1, 0.15) is 18.2 Å². The van der Waals surface area contributed by atoms with Crippen LogP contribution in [0.25, 0.3) is 22.5 Å². The van der Waals surface area contributed by atoms with Gasteiger partial charge in [0, 0.05) is 18.5 Å². The summed E-state index contributed by atoms with van der Waals surface area (Å²) in [5, 5.41) is 13.8. The zero-order valence-corrected chi connectivity index (χ0v) is 32.6. The van der Waals surface area contributed by atoms with Gasteiger partial charge >= 0.3 is 5.97 Å². The maximum absolute atomic E-state index is 13.7. The molecule has 0 saturated heterocycles. The summed E-state index contributed by atoms with van der Waals surface area (Å²) in [7, 11) is 0. The van der Waals surface area contributed by atoms with Crippen LogP contribution in [0.4, 0.5) is 0 Å². The van der Waals surface area contributed by atoms with Gasteiger partial charge < -0.3 is 9.64 Å². The average Bonchev–Trinajstić information content (AvgIpc) is 3.75. The zero-order valence-electron chi connectivity index (χ0n) is 32.6. The number of aromatic nitrogens is 4. The summed E-state index contributed by atoms with van der Waals surface area (Å²) in [6, 6.07) is 56.2. The molecule has 0 N–H and O–H groups in total. The summed E-state index contributed by atoms with van der Waals surface area (Å²) >= 11 is 0. The number of hydrogen-bond acceptors (Lipinski definition) is 6. The number of esters is 1. The maximum Gasteiger partial charge on any atom is 0.329 e. The van der Waals surface area contributed by atoms with Crippen molar-refractivity contribution in [2.45, 2.75) is 58.3 Å². The van der Waals surface area contributed by atoms with Crippen molar-refractivity contribution in [1.29, 1.82) is 0 Å². The van der Waals surface area contributed by atoms with Crippen LogP contribution in [-0.2, 0) is 33.0 Å². The minimum Gasteiger partial charge on any atom is -0.459 e. The lowest BCUT2D eigenvalue weighted by Gasteiger charge is -2.36. The Morgan fingerprint density at radius 2 is 1.16 bits per heavy atom. The third-order valence-electron chi connectivity index (χ3n) is 10.4. The topological polar surface area (TPSA) is 90.2 Å². The Morgan fingerprint density at radius 1 is 0.649 bits per heavy atom. The van der Waals surface area contributed by atoms with E-state index in [2.05, 4.69) is 65.9 Å². The number of amides is 1. The van der Waals surface area contributed by atoms with Crippen molar-refractivity contribution in [2.24, 2.45) is 5.92 Å². The van der Waals surface area contributed by atoms with Crippen LogP contribution in [-0.4, -0.2) is 43.0 Å². The molecule has 0 bridgehead atoms. The lowest BCUT2D eigenvalue weighted by molar-refractivity contribution is -0.159. The third kappa shape index (κ3) is 8.17. The standard InChI is InChI=1S/C49H47N5O3/c1-4-19-45(55)53(46(36(2)3)48(56)57-35-38-20-9-5-10-21-38)34-37-30-32-39(33-31-37)43-28-17-18-29-44(43)47-50-51-52-54(47)49(40-22-11-6-12-23-40,41-24-13-7-14-25-41)42-26-15-8-16-27-42/h5-18,20-33,36,46H,4,19,34-35H2,1-3H3/t46-/m0/s1. The van der Waals surface area contributed by atoms with Crippen LogP contribution in [0.2, 0.25) is 0 Å². The van der Waals surface area contributed by atoms with Gasteiger partial charge in [-0.25, -0.2) is 9.48 Å². The van der Waals surface area contributed by atoms with Crippen LogP contribution in [0.5, 0.6) is 0 Å². The number of ether oxygens (including phenoxy) is 1. The molecule has 7 aromatic rings. The minimum atomic E-state index is -0.900. The monoisotopic (exact) mass is 753 g/mol. The summed E-state index contributed by atoms with van der Waals surface area (Å²) in [5.41, 5.74) is 6.73. The Labute approximate surface area is 334 Å². The average molecular weight is 754 g/mol. The molecule has 0 aliphatic rings. The molecule has 0 radical (unpaired) electrons. The van der Waals surface area contributed by atoms with E-state index in [1.807, 2.05) is 135 Å². The largest absolute Gasteiger partial charge is 0.459 e. The van der Waals surface area contributed by atoms with E-state index in [1.165, 1.54) is 0 Å². The first-order valence-corrected chi connectivity index (χ1v) is 19.6. The molecule has 1 heterocycles. The lowest BCUT2D eigenvalue weighted by Crippen LogP contribution is -2.48. The molecular weight excluding hydrogens is 707 g/mol. The van der Waals surface area contributed by atoms with E-state index in [0.717, 1.165) is 44.5 Å². The second kappa shape index (κ2) is 17.9. The minimum absolute atomic E-state index is 0.0761. The molecule has 8 heteroatoms. The maximum atomic E-state index is 13.7. The fourth-order valence-electron chi connectivity index (χ4n) is 7.67. The first kappa shape index (κ1) is 38.6. The van der Waals surface area contributed by atoms with Crippen molar-refractivity contribution in [3.8, 4) is 22.5 Å². The molecule has 1 atom stereocenters. The fourth-order valence-corrected chi connectivity index (χ4v) is 7.67. The van der Waals surface area contributed by atoms with Gasteiger partial charge in [0.05, 0.1) is 0 Å². The number of rotatable bonds is 15. The molecule has 0 aliphatic heterocycles. The molecule has 0 saturated carbocycles. The Morgan fingerprint density at radius 3 is 1.68 bits per heavy atom. The van der Waals surface area contributed by atoms with Gasteiger partial charge in [0.25, 0.3) is 0 Å². The number of nitrogens with zero attached hydrogens (tertiary/aromatic N) is 5.